The van der Waals surface area contributed by atoms with Gasteiger partial charge in [-0.1, -0.05) is 12.8 Å². The van der Waals surface area contributed by atoms with Gasteiger partial charge < -0.3 is 9.88 Å². The maximum atomic E-state index is 12.6. The van der Waals surface area contributed by atoms with Gasteiger partial charge in [0, 0.05) is 24.8 Å². The van der Waals surface area contributed by atoms with Crippen molar-refractivity contribution in [3.05, 3.63) is 34.2 Å². The number of nitrogens with zero attached hydrogens (tertiary/aromatic N) is 1. The Kier molecular flexibility index (Phi) is 4.86. The monoisotopic (exact) mass is 288 g/mol. The molecule has 0 amide bonds. The lowest BCUT2D eigenvalue weighted by Crippen LogP contribution is -2.29. The summed E-state index contributed by atoms with van der Waals surface area (Å²) in [6.07, 6.45) is 1.97. The van der Waals surface area contributed by atoms with Gasteiger partial charge in [0.15, 0.2) is 0 Å². The van der Waals surface area contributed by atoms with Crippen LogP contribution in [0.2, 0.25) is 0 Å². The number of rotatable bonds is 5. The summed E-state index contributed by atoms with van der Waals surface area (Å²) in [6.45, 7) is 1.04. The molecule has 0 saturated heterocycles. The molecule has 1 fully saturated rings. The van der Waals surface area contributed by atoms with E-state index in [0.29, 0.717) is 19.0 Å². The van der Waals surface area contributed by atoms with Crippen molar-refractivity contribution in [2.45, 2.75) is 50.9 Å². The second-order valence-electron chi connectivity index (χ2n) is 5.24. The van der Waals surface area contributed by atoms with Crippen LogP contribution in [0, 0.1) is 0 Å². The van der Waals surface area contributed by atoms with Crippen LogP contribution in [0.1, 0.15) is 37.7 Å². The molecular formula is C14H19F3N2O. The van der Waals surface area contributed by atoms with E-state index in [1.807, 2.05) is 0 Å². The zero-order chi connectivity index (χ0) is 14.6. The molecule has 0 radical (unpaired) electrons. The predicted octanol–water partition coefficient (Wildman–Crippen LogP) is 2.79. The van der Waals surface area contributed by atoms with Gasteiger partial charge in [0.2, 0.25) is 0 Å². The van der Waals surface area contributed by atoms with Crippen LogP contribution in [-0.4, -0.2) is 17.2 Å². The van der Waals surface area contributed by atoms with E-state index in [2.05, 4.69) is 5.32 Å². The Hall–Kier alpha value is -1.30. The van der Waals surface area contributed by atoms with Gasteiger partial charge in [-0.25, -0.2) is 0 Å². The van der Waals surface area contributed by atoms with Crippen molar-refractivity contribution in [3.8, 4) is 0 Å². The smallest absolute Gasteiger partial charge is 0.315 e. The average Bonchev–Trinajstić information content (AvgIpc) is 2.88. The summed E-state index contributed by atoms with van der Waals surface area (Å²) < 4.78 is 38.8. The van der Waals surface area contributed by atoms with Gasteiger partial charge in [0.05, 0.1) is 5.56 Å². The standard InChI is InChI=1S/C14H19F3N2O/c15-14(16,17)11-6-7-13(20)19(10-11)9-3-8-18-12-4-1-2-5-12/h6-7,10,12,18H,1-5,8-9H2. The average molecular weight is 288 g/mol. The Balaban J connectivity index is 1.86. The van der Waals surface area contributed by atoms with Crippen molar-refractivity contribution in [3.63, 3.8) is 0 Å². The van der Waals surface area contributed by atoms with Gasteiger partial charge in [-0.05, 0) is 31.9 Å². The molecule has 1 heterocycles. The predicted molar refractivity (Wildman–Crippen MR) is 70.6 cm³/mol. The molecule has 1 saturated carbocycles. The number of halogens is 3. The van der Waals surface area contributed by atoms with Crippen LogP contribution >= 0.6 is 0 Å². The molecule has 3 nitrogen and oxygen atoms in total. The molecule has 1 aromatic heterocycles. The first-order chi connectivity index (χ1) is 9.47. The van der Waals surface area contributed by atoms with E-state index in [1.165, 1.54) is 25.7 Å². The number of aryl methyl sites for hydroxylation is 1. The van der Waals surface area contributed by atoms with Gasteiger partial charge in [0.1, 0.15) is 0 Å². The number of nitrogens with one attached hydrogen (secondary N) is 1. The van der Waals surface area contributed by atoms with Crippen molar-refractivity contribution >= 4 is 0 Å². The van der Waals surface area contributed by atoms with Gasteiger partial charge in [0.25, 0.3) is 5.56 Å². The van der Waals surface area contributed by atoms with Crippen LogP contribution in [-0.2, 0) is 12.7 Å². The van der Waals surface area contributed by atoms with Gasteiger partial charge >= 0.3 is 6.18 Å². The van der Waals surface area contributed by atoms with Crippen molar-refractivity contribution < 1.29 is 13.2 Å². The number of hydrogen-bond acceptors (Lipinski definition) is 2. The van der Waals surface area contributed by atoms with Gasteiger partial charge in [-0.2, -0.15) is 13.2 Å². The molecule has 0 aliphatic heterocycles. The Bertz CT molecular complexity index is 490. The molecule has 0 atom stereocenters. The fourth-order valence-corrected chi connectivity index (χ4v) is 2.56. The SMILES string of the molecule is O=c1ccc(C(F)(F)F)cn1CCCNC1CCCC1. The number of pyridine rings is 1. The second-order valence-corrected chi connectivity index (χ2v) is 5.24. The van der Waals surface area contributed by atoms with Crippen molar-refractivity contribution in [1.29, 1.82) is 0 Å². The van der Waals surface area contributed by atoms with Crippen LogP contribution in [0.5, 0.6) is 0 Å². The topological polar surface area (TPSA) is 34.0 Å². The van der Waals surface area contributed by atoms with Gasteiger partial charge in [-0.15, -0.1) is 0 Å². The van der Waals surface area contributed by atoms with Crippen LogP contribution in [0.4, 0.5) is 13.2 Å². The Morgan fingerprint density at radius 1 is 1.25 bits per heavy atom. The highest BCUT2D eigenvalue weighted by Gasteiger charge is 2.30. The summed E-state index contributed by atoms with van der Waals surface area (Å²) in [5, 5.41) is 3.38. The van der Waals surface area contributed by atoms with Crippen LogP contribution in [0.3, 0.4) is 0 Å². The number of hydrogen-bond donors (Lipinski definition) is 1. The fourth-order valence-electron chi connectivity index (χ4n) is 2.56. The van der Waals surface area contributed by atoms with E-state index in [4.69, 9.17) is 0 Å². The van der Waals surface area contributed by atoms with E-state index in [-0.39, 0.29) is 5.56 Å². The quantitative estimate of drug-likeness (QED) is 0.845. The molecule has 2 rings (SSSR count). The van der Waals surface area contributed by atoms with Crippen LogP contribution in [0.15, 0.2) is 23.1 Å². The normalized spacial score (nSPS) is 16.8. The van der Waals surface area contributed by atoms with E-state index < -0.39 is 11.7 Å². The highest BCUT2D eigenvalue weighted by Crippen LogP contribution is 2.28. The molecule has 0 aromatic carbocycles. The Morgan fingerprint density at radius 2 is 1.95 bits per heavy atom. The third kappa shape index (κ3) is 4.10. The molecule has 1 aliphatic carbocycles. The molecule has 0 bridgehead atoms. The minimum absolute atomic E-state index is 0.308. The van der Waals surface area contributed by atoms with Crippen LogP contribution in [0.25, 0.3) is 0 Å². The first-order valence-electron chi connectivity index (χ1n) is 6.98. The fraction of sp³-hybridized carbons (Fsp3) is 0.643. The second kappa shape index (κ2) is 6.43. The molecule has 112 valence electrons. The summed E-state index contributed by atoms with van der Waals surface area (Å²) in [6, 6.07) is 2.34. The summed E-state index contributed by atoms with van der Waals surface area (Å²) in [4.78, 5) is 11.5. The largest absolute Gasteiger partial charge is 0.417 e. The third-order valence-corrected chi connectivity index (χ3v) is 3.67. The van der Waals surface area contributed by atoms with E-state index in [0.717, 1.165) is 29.4 Å². The summed E-state index contributed by atoms with van der Waals surface area (Å²) in [5.74, 6) is 0. The first-order valence-corrected chi connectivity index (χ1v) is 6.98. The van der Waals surface area contributed by atoms with Crippen molar-refractivity contribution in [1.82, 2.24) is 9.88 Å². The Labute approximate surface area is 115 Å². The van der Waals surface area contributed by atoms with E-state index >= 15 is 0 Å². The maximum absolute atomic E-state index is 12.6. The lowest BCUT2D eigenvalue weighted by atomic mass is 10.2. The van der Waals surface area contributed by atoms with Gasteiger partial charge in [-0.3, -0.25) is 4.79 Å². The molecule has 0 spiro atoms. The van der Waals surface area contributed by atoms with E-state index in [1.54, 1.807) is 0 Å². The molecule has 6 heteroatoms. The number of aromatic nitrogens is 1. The highest BCUT2D eigenvalue weighted by molar-refractivity contribution is 5.13. The first kappa shape index (κ1) is 15.1. The Morgan fingerprint density at radius 3 is 2.60 bits per heavy atom. The lowest BCUT2D eigenvalue weighted by Gasteiger charge is -2.13. The molecular weight excluding hydrogens is 269 g/mol. The molecule has 1 N–H and O–H groups in total. The third-order valence-electron chi connectivity index (χ3n) is 3.67. The molecule has 1 aromatic rings. The maximum Gasteiger partial charge on any atom is 0.417 e. The zero-order valence-electron chi connectivity index (χ0n) is 11.2. The number of alkyl halides is 3. The minimum Gasteiger partial charge on any atom is -0.315 e. The van der Waals surface area contributed by atoms with Crippen molar-refractivity contribution in [2.24, 2.45) is 0 Å². The summed E-state index contributed by atoms with van der Waals surface area (Å²) in [7, 11) is 0. The minimum atomic E-state index is -4.41. The summed E-state index contributed by atoms with van der Waals surface area (Å²) >= 11 is 0. The summed E-state index contributed by atoms with van der Waals surface area (Å²) in [5.41, 5.74) is -1.17. The van der Waals surface area contributed by atoms with Crippen molar-refractivity contribution in [2.75, 3.05) is 6.54 Å². The molecule has 0 unspecified atom stereocenters. The molecule has 1 aliphatic rings. The molecule has 20 heavy (non-hydrogen) atoms. The highest BCUT2D eigenvalue weighted by atomic mass is 19.4. The van der Waals surface area contributed by atoms with E-state index in [9.17, 15) is 18.0 Å². The lowest BCUT2D eigenvalue weighted by molar-refractivity contribution is -0.138. The zero-order valence-corrected chi connectivity index (χ0v) is 11.2. The van der Waals surface area contributed by atoms with Crippen LogP contribution < -0.4 is 10.9 Å².